The summed E-state index contributed by atoms with van der Waals surface area (Å²) in [5, 5.41) is 2.57. The van der Waals surface area contributed by atoms with Crippen molar-refractivity contribution in [3.8, 4) is 0 Å². The van der Waals surface area contributed by atoms with Crippen LogP contribution >= 0.6 is 0 Å². The summed E-state index contributed by atoms with van der Waals surface area (Å²) >= 11 is 0. The van der Waals surface area contributed by atoms with E-state index in [9.17, 15) is 27.2 Å². The second kappa shape index (κ2) is 7.26. The molecule has 0 unspecified atom stereocenters. The van der Waals surface area contributed by atoms with Gasteiger partial charge < -0.3 is 15.0 Å². The quantitative estimate of drug-likeness (QED) is 0.744. The SMILES string of the molecule is COC(=O)c1cc(NC(=O)[C@H]2CC(=O)N([C@@H]3CCS(=O)(=O)C3)C2)ccc1F. The molecule has 2 aliphatic heterocycles. The summed E-state index contributed by atoms with van der Waals surface area (Å²) in [7, 11) is -2.02. The molecule has 2 amide bonds. The number of carbonyl (C=O) groups excluding carboxylic acids is 3. The van der Waals surface area contributed by atoms with Crippen molar-refractivity contribution in [3.63, 3.8) is 0 Å². The van der Waals surface area contributed by atoms with Gasteiger partial charge in [0.2, 0.25) is 11.8 Å². The van der Waals surface area contributed by atoms with Gasteiger partial charge in [0.25, 0.3) is 0 Å². The van der Waals surface area contributed by atoms with Gasteiger partial charge in [-0.3, -0.25) is 9.59 Å². The Hall–Kier alpha value is -2.49. The third-order valence-corrected chi connectivity index (χ3v) is 6.57. The Bertz CT molecular complexity index is 901. The number of esters is 1. The minimum Gasteiger partial charge on any atom is -0.465 e. The molecule has 0 saturated carbocycles. The van der Waals surface area contributed by atoms with E-state index in [2.05, 4.69) is 10.1 Å². The molecule has 1 aromatic carbocycles. The van der Waals surface area contributed by atoms with E-state index >= 15 is 0 Å². The summed E-state index contributed by atoms with van der Waals surface area (Å²) in [5.41, 5.74) is -0.105. The van der Waals surface area contributed by atoms with E-state index in [-0.39, 0.29) is 41.6 Å². The van der Waals surface area contributed by atoms with Crippen LogP contribution in [0.5, 0.6) is 0 Å². The van der Waals surface area contributed by atoms with Crippen molar-refractivity contribution < 1.29 is 31.9 Å². The number of carbonyl (C=O) groups is 3. The van der Waals surface area contributed by atoms with Crippen molar-refractivity contribution >= 4 is 33.3 Å². The fraction of sp³-hybridized carbons (Fsp3) is 0.471. The molecule has 2 aliphatic rings. The maximum atomic E-state index is 13.7. The fourth-order valence-corrected chi connectivity index (χ4v) is 5.13. The lowest BCUT2D eigenvalue weighted by Crippen LogP contribution is -2.38. The van der Waals surface area contributed by atoms with E-state index in [1.807, 2.05) is 0 Å². The highest BCUT2D eigenvalue weighted by molar-refractivity contribution is 7.91. The van der Waals surface area contributed by atoms with Crippen molar-refractivity contribution in [1.82, 2.24) is 4.90 Å². The van der Waals surface area contributed by atoms with Crippen LogP contribution in [0.25, 0.3) is 0 Å². The maximum absolute atomic E-state index is 13.7. The largest absolute Gasteiger partial charge is 0.465 e. The minimum atomic E-state index is -3.14. The maximum Gasteiger partial charge on any atom is 0.340 e. The Kier molecular flexibility index (Phi) is 5.18. The van der Waals surface area contributed by atoms with Gasteiger partial charge in [-0.15, -0.1) is 0 Å². The number of nitrogens with one attached hydrogen (secondary N) is 1. The summed E-state index contributed by atoms with van der Waals surface area (Å²) in [6.45, 7) is 0.135. The van der Waals surface area contributed by atoms with Crippen molar-refractivity contribution in [1.29, 1.82) is 0 Å². The monoisotopic (exact) mass is 398 g/mol. The number of hydrogen-bond donors (Lipinski definition) is 1. The van der Waals surface area contributed by atoms with Crippen molar-refractivity contribution in [2.24, 2.45) is 5.92 Å². The Morgan fingerprint density at radius 3 is 2.70 bits per heavy atom. The topological polar surface area (TPSA) is 110 Å². The number of likely N-dealkylation sites (tertiary alicyclic amines) is 1. The molecule has 3 rings (SSSR count). The number of halogens is 1. The van der Waals surface area contributed by atoms with E-state index in [0.29, 0.717) is 6.42 Å². The number of sulfone groups is 1. The lowest BCUT2D eigenvalue weighted by atomic mass is 10.1. The number of ether oxygens (including phenoxy) is 1. The van der Waals surface area contributed by atoms with Gasteiger partial charge >= 0.3 is 5.97 Å². The summed E-state index contributed by atoms with van der Waals surface area (Å²) in [5.74, 6) is -3.02. The molecule has 2 fully saturated rings. The van der Waals surface area contributed by atoms with Gasteiger partial charge in [-0.2, -0.15) is 0 Å². The number of anilines is 1. The van der Waals surface area contributed by atoms with Gasteiger partial charge in [0, 0.05) is 24.7 Å². The van der Waals surface area contributed by atoms with Crippen LogP contribution in [0, 0.1) is 11.7 Å². The van der Waals surface area contributed by atoms with Crippen molar-refractivity contribution in [3.05, 3.63) is 29.6 Å². The normalized spacial score (nSPS) is 24.1. The first-order valence-electron chi connectivity index (χ1n) is 8.39. The number of hydrogen-bond acceptors (Lipinski definition) is 6. The van der Waals surface area contributed by atoms with Gasteiger partial charge in [-0.05, 0) is 24.6 Å². The van der Waals surface area contributed by atoms with Crippen LogP contribution in [0.1, 0.15) is 23.2 Å². The van der Waals surface area contributed by atoms with Crippen LogP contribution in [0.2, 0.25) is 0 Å². The Morgan fingerprint density at radius 2 is 2.07 bits per heavy atom. The molecule has 2 atom stereocenters. The van der Waals surface area contributed by atoms with Crippen molar-refractivity contribution in [2.45, 2.75) is 18.9 Å². The van der Waals surface area contributed by atoms with Crippen LogP contribution < -0.4 is 5.32 Å². The van der Waals surface area contributed by atoms with Gasteiger partial charge in [0.05, 0.1) is 30.1 Å². The summed E-state index contributed by atoms with van der Waals surface area (Å²) < 4.78 is 41.4. The fourth-order valence-electron chi connectivity index (χ4n) is 3.40. The summed E-state index contributed by atoms with van der Waals surface area (Å²) in [4.78, 5) is 37.7. The predicted molar refractivity (Wildman–Crippen MR) is 93.2 cm³/mol. The second-order valence-electron chi connectivity index (χ2n) is 6.68. The molecule has 2 heterocycles. The minimum absolute atomic E-state index is 0.0204. The lowest BCUT2D eigenvalue weighted by molar-refractivity contribution is -0.129. The first-order chi connectivity index (χ1) is 12.7. The zero-order valence-corrected chi connectivity index (χ0v) is 15.4. The Balaban J connectivity index is 1.67. The van der Waals surface area contributed by atoms with E-state index < -0.39 is 39.5 Å². The number of amides is 2. The summed E-state index contributed by atoms with van der Waals surface area (Å²) in [6, 6.07) is 3.11. The molecular weight excluding hydrogens is 379 g/mol. The molecule has 10 heteroatoms. The average Bonchev–Trinajstić information content (AvgIpc) is 3.18. The van der Waals surface area contributed by atoms with E-state index in [1.54, 1.807) is 0 Å². The molecule has 1 aromatic rings. The zero-order valence-electron chi connectivity index (χ0n) is 14.6. The first kappa shape index (κ1) is 19.3. The van der Waals surface area contributed by atoms with Crippen LogP contribution in [0.15, 0.2) is 18.2 Å². The Morgan fingerprint density at radius 1 is 1.33 bits per heavy atom. The molecule has 27 heavy (non-hydrogen) atoms. The van der Waals surface area contributed by atoms with Gasteiger partial charge in [-0.1, -0.05) is 0 Å². The van der Waals surface area contributed by atoms with Gasteiger partial charge in [0.15, 0.2) is 9.84 Å². The number of benzene rings is 1. The first-order valence-corrected chi connectivity index (χ1v) is 10.2. The Labute approximate surface area is 155 Å². The summed E-state index contributed by atoms with van der Waals surface area (Å²) in [6.07, 6.45) is 0.357. The molecule has 0 radical (unpaired) electrons. The highest BCUT2D eigenvalue weighted by Gasteiger charge is 2.41. The molecule has 8 nitrogen and oxygen atoms in total. The van der Waals surface area contributed by atoms with E-state index in [1.165, 1.54) is 11.0 Å². The van der Waals surface area contributed by atoms with Gasteiger partial charge in [-0.25, -0.2) is 17.6 Å². The highest BCUT2D eigenvalue weighted by atomic mass is 32.2. The molecule has 146 valence electrons. The van der Waals surface area contributed by atoms with E-state index in [0.717, 1.165) is 19.2 Å². The highest BCUT2D eigenvalue weighted by Crippen LogP contribution is 2.27. The van der Waals surface area contributed by atoms with E-state index in [4.69, 9.17) is 0 Å². The van der Waals surface area contributed by atoms with Crippen LogP contribution in [0.3, 0.4) is 0 Å². The average molecular weight is 398 g/mol. The lowest BCUT2D eigenvalue weighted by Gasteiger charge is -2.22. The van der Waals surface area contributed by atoms with Crippen LogP contribution in [-0.4, -0.2) is 62.3 Å². The molecule has 2 saturated heterocycles. The molecular formula is C17H19FN2O6S. The van der Waals surface area contributed by atoms with Gasteiger partial charge in [0.1, 0.15) is 5.82 Å². The molecule has 0 spiro atoms. The van der Waals surface area contributed by atoms with Crippen LogP contribution in [-0.2, 0) is 24.2 Å². The smallest absolute Gasteiger partial charge is 0.340 e. The third kappa shape index (κ3) is 4.10. The molecule has 1 N–H and O–H groups in total. The second-order valence-corrected chi connectivity index (χ2v) is 8.91. The van der Waals surface area contributed by atoms with Crippen LogP contribution in [0.4, 0.5) is 10.1 Å². The number of methoxy groups -OCH3 is 1. The zero-order chi connectivity index (χ0) is 19.8. The molecule has 0 aromatic heterocycles. The third-order valence-electron chi connectivity index (χ3n) is 4.82. The predicted octanol–water partition coefficient (Wildman–Crippen LogP) is 0.586. The standard InChI is InChI=1S/C17H19FN2O6S/c1-26-17(23)13-7-11(2-3-14(13)18)19-16(22)10-6-15(21)20(8-10)12-4-5-27(24,25)9-12/h2-3,7,10,12H,4-6,8-9H2,1H3,(H,19,22)/t10-,12+/m0/s1. The van der Waals surface area contributed by atoms with Crippen molar-refractivity contribution in [2.75, 3.05) is 30.5 Å². The molecule has 0 aliphatic carbocycles. The number of rotatable bonds is 4. The molecule has 0 bridgehead atoms. The number of nitrogens with zero attached hydrogens (tertiary/aromatic N) is 1.